The summed E-state index contributed by atoms with van der Waals surface area (Å²) in [7, 11) is 0. The second kappa shape index (κ2) is 13.0. The van der Waals surface area contributed by atoms with Crippen LogP contribution in [-0.2, 0) is 11.2 Å². The van der Waals surface area contributed by atoms with Crippen LogP contribution in [0.4, 0.5) is 0 Å². The summed E-state index contributed by atoms with van der Waals surface area (Å²) in [6.45, 7) is 10.4. The zero-order valence-corrected chi connectivity index (χ0v) is 24.8. The summed E-state index contributed by atoms with van der Waals surface area (Å²) in [6.07, 6.45) is 3.63. The first-order valence-electron chi connectivity index (χ1n) is 14.6. The lowest BCUT2D eigenvalue weighted by molar-refractivity contribution is -0.134. The van der Waals surface area contributed by atoms with Crippen LogP contribution in [0.25, 0.3) is 0 Å². The predicted molar refractivity (Wildman–Crippen MR) is 161 cm³/mol. The summed E-state index contributed by atoms with van der Waals surface area (Å²) in [4.78, 5) is 34.4. The number of thiophene rings is 1. The van der Waals surface area contributed by atoms with E-state index < -0.39 is 0 Å². The fourth-order valence-electron chi connectivity index (χ4n) is 5.94. The summed E-state index contributed by atoms with van der Waals surface area (Å²) in [6, 6.07) is 18.5. The van der Waals surface area contributed by atoms with Crippen LogP contribution in [0.1, 0.15) is 71.1 Å². The first-order chi connectivity index (χ1) is 19.5. The van der Waals surface area contributed by atoms with E-state index >= 15 is 0 Å². The Hall–Kier alpha value is -3.16. The molecule has 2 aromatic carbocycles. The van der Waals surface area contributed by atoms with Gasteiger partial charge in [0.05, 0.1) is 12.6 Å². The zero-order chi connectivity index (χ0) is 28.1. The van der Waals surface area contributed by atoms with Gasteiger partial charge in [-0.2, -0.15) is 0 Å². The molecule has 2 unspecified atom stereocenters. The molecule has 0 aliphatic carbocycles. The van der Waals surface area contributed by atoms with Crippen molar-refractivity contribution in [1.82, 2.24) is 14.7 Å². The lowest BCUT2D eigenvalue weighted by Gasteiger charge is -2.41. The van der Waals surface area contributed by atoms with E-state index in [9.17, 15) is 9.59 Å². The third-order valence-corrected chi connectivity index (χ3v) is 9.27. The van der Waals surface area contributed by atoms with E-state index in [1.165, 1.54) is 21.6 Å². The third-order valence-electron chi connectivity index (χ3n) is 8.27. The number of nitrogens with zero attached hydrogens (tertiary/aromatic N) is 3. The molecule has 5 rings (SSSR count). The highest BCUT2D eigenvalue weighted by Crippen LogP contribution is 2.39. The number of fused-ring (bicyclic) bond motifs is 1. The second-order valence-corrected chi connectivity index (χ2v) is 12.0. The van der Waals surface area contributed by atoms with Gasteiger partial charge in [0.2, 0.25) is 5.91 Å². The summed E-state index contributed by atoms with van der Waals surface area (Å²) < 4.78 is 5.73. The van der Waals surface area contributed by atoms with Gasteiger partial charge in [-0.05, 0) is 79.1 Å². The van der Waals surface area contributed by atoms with Crippen molar-refractivity contribution >= 4 is 23.2 Å². The van der Waals surface area contributed by atoms with Crippen LogP contribution in [0, 0.1) is 6.92 Å². The molecule has 40 heavy (non-hydrogen) atoms. The molecule has 2 amide bonds. The Labute approximate surface area is 242 Å². The number of aryl methyl sites for hydroxylation is 1. The molecule has 2 aliphatic heterocycles. The van der Waals surface area contributed by atoms with Crippen molar-refractivity contribution < 1.29 is 14.3 Å². The first-order valence-corrected chi connectivity index (χ1v) is 15.5. The average Bonchev–Trinajstić information content (AvgIpc) is 3.45. The van der Waals surface area contributed by atoms with Gasteiger partial charge in [0.25, 0.3) is 5.91 Å². The maximum atomic E-state index is 13.4. The number of carbonyl (C=O) groups is 2. The molecule has 0 bridgehead atoms. The van der Waals surface area contributed by atoms with Gasteiger partial charge in [0, 0.05) is 55.6 Å². The molecule has 0 saturated carbocycles. The van der Waals surface area contributed by atoms with E-state index in [2.05, 4.69) is 54.5 Å². The van der Waals surface area contributed by atoms with Crippen molar-refractivity contribution in [3.63, 3.8) is 0 Å². The molecular formula is C33H41N3O3S. The highest BCUT2D eigenvalue weighted by Gasteiger charge is 2.33. The summed E-state index contributed by atoms with van der Waals surface area (Å²) >= 11 is 1.84. The topological polar surface area (TPSA) is 53.1 Å². The van der Waals surface area contributed by atoms with Crippen molar-refractivity contribution in [2.24, 2.45) is 0 Å². The summed E-state index contributed by atoms with van der Waals surface area (Å²) in [5.41, 5.74) is 4.67. The van der Waals surface area contributed by atoms with E-state index in [1.54, 1.807) is 0 Å². The second-order valence-electron chi connectivity index (χ2n) is 11.0. The van der Waals surface area contributed by atoms with Gasteiger partial charge in [0.1, 0.15) is 5.75 Å². The fourth-order valence-corrected chi connectivity index (χ4v) is 6.85. The molecule has 2 atom stereocenters. The Balaban J connectivity index is 1.17. The van der Waals surface area contributed by atoms with Crippen molar-refractivity contribution in [2.75, 3.05) is 39.3 Å². The number of carbonyl (C=O) groups excluding carboxylic acids is 2. The molecule has 0 N–H and O–H groups in total. The molecule has 3 aromatic rings. The van der Waals surface area contributed by atoms with Crippen LogP contribution in [0.2, 0.25) is 0 Å². The molecule has 1 aromatic heterocycles. The summed E-state index contributed by atoms with van der Waals surface area (Å²) in [5.74, 6) is 0.981. The highest BCUT2D eigenvalue weighted by molar-refractivity contribution is 7.10. The van der Waals surface area contributed by atoms with Crippen LogP contribution in [-0.4, -0.2) is 71.9 Å². The van der Waals surface area contributed by atoms with Crippen molar-refractivity contribution in [3.05, 3.63) is 87.1 Å². The molecule has 7 heteroatoms. The highest BCUT2D eigenvalue weighted by atomic mass is 32.1. The van der Waals surface area contributed by atoms with Gasteiger partial charge < -0.3 is 14.5 Å². The van der Waals surface area contributed by atoms with Gasteiger partial charge in [-0.15, -0.1) is 11.3 Å². The Morgan fingerprint density at radius 3 is 2.55 bits per heavy atom. The average molecular weight is 560 g/mol. The molecular weight excluding hydrogens is 518 g/mol. The fraction of sp³-hybridized carbons (Fsp3) is 0.455. The van der Waals surface area contributed by atoms with Crippen LogP contribution >= 0.6 is 11.3 Å². The number of unbranched alkanes of at least 4 members (excludes halogenated alkanes) is 1. The number of piperazine rings is 1. The molecule has 0 spiro atoms. The van der Waals surface area contributed by atoms with Gasteiger partial charge >= 0.3 is 0 Å². The van der Waals surface area contributed by atoms with Crippen molar-refractivity contribution in [1.29, 1.82) is 0 Å². The summed E-state index contributed by atoms with van der Waals surface area (Å²) in [5, 5.41) is 2.20. The number of amides is 2. The van der Waals surface area contributed by atoms with Gasteiger partial charge in [-0.1, -0.05) is 37.6 Å². The first kappa shape index (κ1) is 28.4. The Bertz CT molecular complexity index is 1300. The van der Waals surface area contributed by atoms with Crippen molar-refractivity contribution in [2.45, 2.75) is 58.5 Å². The van der Waals surface area contributed by atoms with Crippen LogP contribution in [0.15, 0.2) is 60.0 Å². The van der Waals surface area contributed by atoms with E-state index in [1.807, 2.05) is 52.3 Å². The number of hydrogen-bond donors (Lipinski definition) is 0. The Morgan fingerprint density at radius 1 is 1.00 bits per heavy atom. The minimum Gasteiger partial charge on any atom is -0.494 e. The van der Waals surface area contributed by atoms with Crippen LogP contribution in [0.5, 0.6) is 5.75 Å². The normalized spacial score (nSPS) is 19.4. The molecule has 1 fully saturated rings. The van der Waals surface area contributed by atoms with Crippen LogP contribution < -0.4 is 4.74 Å². The molecule has 6 nitrogen and oxygen atoms in total. The Morgan fingerprint density at radius 2 is 1.80 bits per heavy atom. The molecule has 212 valence electrons. The Kier molecular flexibility index (Phi) is 9.22. The quantitative estimate of drug-likeness (QED) is 0.304. The molecule has 3 heterocycles. The number of hydrogen-bond acceptors (Lipinski definition) is 5. The SMILES string of the molecule is CCCCOc1ccc(C(=O)N2CCN(C(=O)CCN3CCc4sccc4C3c3ccccc3C)CC2C)cc1. The largest absolute Gasteiger partial charge is 0.494 e. The maximum absolute atomic E-state index is 13.4. The zero-order valence-electron chi connectivity index (χ0n) is 24.0. The standard InChI is InChI=1S/C33H41N3O3S/c1-4-5-21-39-27-12-10-26(11-13-27)33(38)36-20-19-35(23-25(36)3)31(37)15-18-34-17-14-30-29(16-22-40-30)32(34)28-9-7-6-8-24(28)2/h6-13,16,22,25,32H,4-5,14-15,17-21,23H2,1-3H3. The number of ether oxygens (including phenoxy) is 1. The van der Waals surface area contributed by atoms with Gasteiger partial charge in [-0.25, -0.2) is 0 Å². The maximum Gasteiger partial charge on any atom is 0.254 e. The van der Waals surface area contributed by atoms with E-state index in [4.69, 9.17) is 4.74 Å². The van der Waals surface area contributed by atoms with E-state index in [-0.39, 0.29) is 23.9 Å². The van der Waals surface area contributed by atoms with Gasteiger partial charge in [0.15, 0.2) is 0 Å². The lowest BCUT2D eigenvalue weighted by Crippen LogP contribution is -2.55. The predicted octanol–water partition coefficient (Wildman–Crippen LogP) is 5.95. The monoisotopic (exact) mass is 559 g/mol. The number of benzene rings is 2. The number of rotatable bonds is 9. The molecule has 0 radical (unpaired) electrons. The smallest absolute Gasteiger partial charge is 0.254 e. The van der Waals surface area contributed by atoms with E-state index in [0.29, 0.717) is 38.2 Å². The molecule has 1 saturated heterocycles. The minimum absolute atomic E-state index is 0.0145. The van der Waals surface area contributed by atoms with Gasteiger partial charge in [-0.3, -0.25) is 14.5 Å². The molecule has 2 aliphatic rings. The minimum atomic E-state index is -0.0336. The van der Waals surface area contributed by atoms with E-state index in [0.717, 1.165) is 38.1 Å². The van der Waals surface area contributed by atoms with Crippen LogP contribution in [0.3, 0.4) is 0 Å². The lowest BCUT2D eigenvalue weighted by atomic mass is 9.90. The van der Waals surface area contributed by atoms with Crippen molar-refractivity contribution in [3.8, 4) is 5.75 Å². The third kappa shape index (κ3) is 6.26.